The van der Waals surface area contributed by atoms with E-state index in [9.17, 15) is 9.59 Å². The van der Waals surface area contributed by atoms with Crippen LogP contribution in [0.15, 0.2) is 0 Å². The Hall–Kier alpha value is 0.626. The summed E-state index contributed by atoms with van der Waals surface area (Å²) in [5.74, 6) is -3.54. The van der Waals surface area contributed by atoms with Gasteiger partial charge in [-0.25, -0.2) is 9.59 Å². The van der Waals surface area contributed by atoms with Crippen molar-refractivity contribution in [3.05, 3.63) is 0 Å². The van der Waals surface area contributed by atoms with Crippen LogP contribution in [0.25, 0.3) is 0 Å². The fraction of sp³-hybridized carbons (Fsp3) is 0.500. The van der Waals surface area contributed by atoms with Gasteiger partial charge >= 0.3 is 64.5 Å². The molecule has 64 valence electrons. The van der Waals surface area contributed by atoms with E-state index in [1.807, 2.05) is 0 Å². The molecule has 0 fully saturated rings. The van der Waals surface area contributed by atoms with Crippen molar-refractivity contribution in [3.8, 4) is 0 Å². The molecular formula is C4H9MgNaO6. The summed E-state index contributed by atoms with van der Waals surface area (Å²) in [4.78, 5) is 19.5. The van der Waals surface area contributed by atoms with Crippen molar-refractivity contribution in [2.75, 3.05) is 0 Å². The Morgan fingerprint density at radius 3 is 1.17 bits per heavy atom. The molecule has 8 heteroatoms. The molecule has 0 aliphatic heterocycles. The van der Waals surface area contributed by atoms with Gasteiger partial charge in [-0.05, 0) is 0 Å². The Kier molecular flexibility index (Phi) is 12.6. The van der Waals surface area contributed by atoms with E-state index in [4.69, 9.17) is 20.4 Å². The first-order valence-corrected chi connectivity index (χ1v) is 2.28. The first-order valence-electron chi connectivity index (χ1n) is 2.28. The van der Waals surface area contributed by atoms with E-state index in [1.54, 1.807) is 0 Å². The zero-order chi connectivity index (χ0) is 8.31. The van der Waals surface area contributed by atoms with Crippen LogP contribution in [0, 0.1) is 0 Å². The molecule has 6 nitrogen and oxygen atoms in total. The second kappa shape index (κ2) is 8.23. The van der Waals surface area contributed by atoms with Crippen LogP contribution in [0.2, 0.25) is 0 Å². The molecule has 0 saturated heterocycles. The monoisotopic (exact) mass is 200 g/mol. The van der Waals surface area contributed by atoms with E-state index in [0.29, 0.717) is 0 Å². The topological polar surface area (TPSA) is 115 Å². The molecule has 0 aliphatic rings. The van der Waals surface area contributed by atoms with Gasteiger partial charge in [0, 0.05) is 0 Å². The van der Waals surface area contributed by atoms with Crippen LogP contribution in [0.5, 0.6) is 0 Å². The van der Waals surface area contributed by atoms with E-state index < -0.39 is 24.1 Å². The third kappa shape index (κ3) is 6.18. The van der Waals surface area contributed by atoms with Gasteiger partial charge in [0.15, 0.2) is 12.2 Å². The molecule has 0 saturated carbocycles. The summed E-state index contributed by atoms with van der Waals surface area (Å²) >= 11 is 0. The van der Waals surface area contributed by atoms with Gasteiger partial charge in [0.05, 0.1) is 0 Å². The Bertz CT molecular complexity index is 144. The van der Waals surface area contributed by atoms with Crippen LogP contribution >= 0.6 is 0 Å². The molecule has 2 unspecified atom stereocenters. The van der Waals surface area contributed by atoms with Gasteiger partial charge in [0.25, 0.3) is 0 Å². The Morgan fingerprint density at radius 2 is 1.08 bits per heavy atom. The summed E-state index contributed by atoms with van der Waals surface area (Å²) < 4.78 is 0. The predicted octanol–water partition coefficient (Wildman–Crippen LogP) is -3.69. The zero-order valence-corrected chi connectivity index (χ0v) is 4.76. The van der Waals surface area contributed by atoms with Crippen LogP contribution in [-0.4, -0.2) is 97.2 Å². The minimum atomic E-state index is -2.27. The molecule has 0 aromatic heterocycles. The molecular weight excluding hydrogens is 191 g/mol. The van der Waals surface area contributed by atoms with E-state index in [-0.39, 0.29) is 52.6 Å². The van der Waals surface area contributed by atoms with Crippen LogP contribution in [0.4, 0.5) is 0 Å². The minimum absolute atomic E-state index is 0. The van der Waals surface area contributed by atoms with Crippen molar-refractivity contribution in [2.24, 2.45) is 0 Å². The van der Waals surface area contributed by atoms with Crippen LogP contribution in [0.1, 0.15) is 0 Å². The summed E-state index contributed by atoms with van der Waals surface area (Å²) in [5.41, 5.74) is 0. The number of aliphatic carboxylic acids is 2. The molecule has 12 heavy (non-hydrogen) atoms. The predicted molar refractivity (Wildman–Crippen MR) is 43.0 cm³/mol. The van der Waals surface area contributed by atoms with Gasteiger partial charge in [0.1, 0.15) is 0 Å². The maximum absolute atomic E-state index is 9.77. The van der Waals surface area contributed by atoms with E-state index in [0.717, 1.165) is 0 Å². The molecule has 0 spiro atoms. The molecule has 0 bridgehead atoms. The normalized spacial score (nSPS) is 13.2. The first-order chi connectivity index (χ1) is 4.46. The second-order valence-corrected chi connectivity index (χ2v) is 1.57. The van der Waals surface area contributed by atoms with Crippen LogP contribution < -0.4 is 0 Å². The van der Waals surface area contributed by atoms with Crippen molar-refractivity contribution in [3.63, 3.8) is 0 Å². The molecule has 0 amide bonds. The molecule has 0 rings (SSSR count). The summed E-state index contributed by atoms with van der Waals surface area (Å²) in [6, 6.07) is 0. The second-order valence-electron chi connectivity index (χ2n) is 1.57. The van der Waals surface area contributed by atoms with Gasteiger partial charge in [-0.1, -0.05) is 0 Å². The maximum atomic E-state index is 9.77. The van der Waals surface area contributed by atoms with E-state index in [1.165, 1.54) is 0 Å². The Labute approximate surface area is 106 Å². The summed E-state index contributed by atoms with van der Waals surface area (Å²) in [7, 11) is 0. The molecule has 0 heterocycles. The average Bonchev–Trinajstić information content (AvgIpc) is 1.84. The fourth-order valence-corrected chi connectivity index (χ4v) is 0.270. The van der Waals surface area contributed by atoms with E-state index >= 15 is 0 Å². The third-order valence-electron chi connectivity index (χ3n) is 0.805. The Balaban J connectivity index is -0.000000405. The van der Waals surface area contributed by atoms with Gasteiger partial charge in [-0.2, -0.15) is 0 Å². The molecule has 4 N–H and O–H groups in total. The number of hydrogen-bond donors (Lipinski definition) is 4. The van der Waals surface area contributed by atoms with Gasteiger partial charge in [0.2, 0.25) is 0 Å². The molecule has 2 atom stereocenters. The number of carbonyl (C=O) groups is 2. The van der Waals surface area contributed by atoms with Crippen molar-refractivity contribution >= 4 is 64.5 Å². The SMILES string of the molecule is O=C(O)C(O)C(O)C(=O)O.[MgH2].[NaH]. The standard InChI is InChI=1S/C4H6O6.Mg.Na.3H/c5-1(3(7)8)2(6)4(9)10;;;;;/h1-2,5-6H,(H,7,8)(H,9,10);;;;;. The van der Waals surface area contributed by atoms with Gasteiger partial charge < -0.3 is 20.4 Å². The first kappa shape index (κ1) is 18.4. The number of aliphatic hydroxyl groups is 2. The van der Waals surface area contributed by atoms with Crippen molar-refractivity contribution in [1.29, 1.82) is 0 Å². The summed E-state index contributed by atoms with van der Waals surface area (Å²) in [5, 5.41) is 32.5. The average molecular weight is 200 g/mol. The molecule has 0 aliphatic carbocycles. The number of aliphatic hydroxyl groups excluding tert-OH is 2. The fourth-order valence-electron chi connectivity index (χ4n) is 0.270. The quantitative estimate of drug-likeness (QED) is 0.349. The molecule has 0 aromatic carbocycles. The number of carboxylic acid groups (broad SMARTS) is 2. The zero-order valence-electron chi connectivity index (χ0n) is 4.76. The number of rotatable bonds is 3. The van der Waals surface area contributed by atoms with Gasteiger partial charge in [-0.3, -0.25) is 0 Å². The molecule has 0 radical (unpaired) electrons. The van der Waals surface area contributed by atoms with Crippen LogP contribution in [-0.2, 0) is 9.59 Å². The van der Waals surface area contributed by atoms with Crippen molar-refractivity contribution < 1.29 is 30.0 Å². The van der Waals surface area contributed by atoms with Crippen LogP contribution in [0.3, 0.4) is 0 Å². The summed E-state index contributed by atoms with van der Waals surface area (Å²) in [6.45, 7) is 0. The Morgan fingerprint density at radius 1 is 0.917 bits per heavy atom. The summed E-state index contributed by atoms with van der Waals surface area (Å²) in [6.07, 6.45) is -4.53. The third-order valence-corrected chi connectivity index (χ3v) is 0.805. The van der Waals surface area contributed by atoms with E-state index in [2.05, 4.69) is 0 Å². The van der Waals surface area contributed by atoms with Crippen molar-refractivity contribution in [1.82, 2.24) is 0 Å². The molecule has 0 aromatic rings. The van der Waals surface area contributed by atoms with Gasteiger partial charge in [-0.15, -0.1) is 0 Å². The van der Waals surface area contributed by atoms with Crippen molar-refractivity contribution in [2.45, 2.75) is 12.2 Å². The number of carboxylic acids is 2. The number of hydrogen-bond acceptors (Lipinski definition) is 4.